The molecular weight excluding hydrogens is 262 g/mol. The Morgan fingerprint density at radius 3 is 2.84 bits per heavy atom. The monoisotopic (exact) mass is 287 g/mol. The third kappa shape index (κ3) is 4.08. The molecule has 0 bridgehead atoms. The van der Waals surface area contributed by atoms with E-state index >= 15 is 0 Å². The van der Waals surface area contributed by atoms with Gasteiger partial charge in [0.15, 0.2) is 0 Å². The van der Waals surface area contributed by atoms with Crippen molar-refractivity contribution >= 4 is 17.7 Å². The summed E-state index contributed by atoms with van der Waals surface area (Å²) in [5.74, 6) is 1.08. The van der Waals surface area contributed by atoms with Crippen molar-refractivity contribution in [1.29, 1.82) is 0 Å². The number of rotatable bonds is 5. The van der Waals surface area contributed by atoms with Gasteiger partial charge in [-0.3, -0.25) is 9.69 Å². The Kier molecular flexibility index (Phi) is 5.94. The molecule has 19 heavy (non-hydrogen) atoms. The molecule has 0 aromatic carbocycles. The number of likely N-dealkylation sites (tertiary alicyclic amines) is 1. The van der Waals surface area contributed by atoms with Crippen molar-refractivity contribution in [3.05, 3.63) is 0 Å². The van der Waals surface area contributed by atoms with Gasteiger partial charge in [-0.15, -0.1) is 0 Å². The maximum atomic E-state index is 12.2. The van der Waals surface area contributed by atoms with E-state index < -0.39 is 0 Å². The van der Waals surface area contributed by atoms with Crippen molar-refractivity contribution < 1.29 is 9.53 Å². The maximum Gasteiger partial charge on any atom is 0.239 e. The second-order valence-corrected chi connectivity index (χ2v) is 6.25. The topological polar surface area (TPSA) is 58.8 Å². The number of ether oxygens (including phenoxy) is 1. The molecule has 2 atom stereocenters. The Morgan fingerprint density at radius 1 is 1.42 bits per heavy atom. The summed E-state index contributed by atoms with van der Waals surface area (Å²) in [5, 5.41) is 0. The summed E-state index contributed by atoms with van der Waals surface area (Å²) < 4.78 is 5.37. The highest BCUT2D eigenvalue weighted by Crippen LogP contribution is 2.18. The number of carbonyl (C=O) groups is 1. The standard InChI is InChI=1S/C13H25N3O2S/c1-19-9-3-12(14)13(17)16-4-2-11(10-16)15-5-7-18-8-6-15/h11-12H,2-10,14H2,1H3/t11?,12-/m1/s1. The fraction of sp³-hybridized carbons (Fsp3) is 0.923. The van der Waals surface area contributed by atoms with Crippen LogP contribution in [0.15, 0.2) is 0 Å². The van der Waals surface area contributed by atoms with Gasteiger partial charge < -0.3 is 15.4 Å². The van der Waals surface area contributed by atoms with E-state index in [1.165, 1.54) is 0 Å². The van der Waals surface area contributed by atoms with E-state index in [0.717, 1.165) is 58.0 Å². The van der Waals surface area contributed by atoms with Gasteiger partial charge in [0, 0.05) is 32.2 Å². The summed E-state index contributed by atoms with van der Waals surface area (Å²) >= 11 is 1.74. The predicted molar refractivity (Wildman–Crippen MR) is 78.4 cm³/mol. The fourth-order valence-electron chi connectivity index (χ4n) is 2.79. The highest BCUT2D eigenvalue weighted by molar-refractivity contribution is 7.98. The first kappa shape index (κ1) is 15.1. The van der Waals surface area contributed by atoms with E-state index in [9.17, 15) is 4.79 Å². The Bertz CT molecular complexity index is 298. The molecule has 110 valence electrons. The van der Waals surface area contributed by atoms with Gasteiger partial charge in [-0.05, 0) is 24.9 Å². The van der Waals surface area contributed by atoms with Crippen LogP contribution in [0.1, 0.15) is 12.8 Å². The molecule has 1 amide bonds. The van der Waals surface area contributed by atoms with E-state index in [1.54, 1.807) is 11.8 Å². The number of nitrogens with zero attached hydrogens (tertiary/aromatic N) is 2. The number of amides is 1. The lowest BCUT2D eigenvalue weighted by atomic mass is 10.2. The van der Waals surface area contributed by atoms with Crippen LogP contribution in [0.5, 0.6) is 0 Å². The quantitative estimate of drug-likeness (QED) is 0.771. The zero-order valence-electron chi connectivity index (χ0n) is 11.7. The fourth-order valence-corrected chi connectivity index (χ4v) is 3.28. The minimum absolute atomic E-state index is 0.129. The van der Waals surface area contributed by atoms with E-state index in [4.69, 9.17) is 10.5 Å². The number of hydrogen-bond donors (Lipinski definition) is 1. The largest absolute Gasteiger partial charge is 0.379 e. The lowest BCUT2D eigenvalue weighted by Gasteiger charge is -2.32. The molecule has 2 heterocycles. The molecule has 0 aromatic heterocycles. The van der Waals surface area contributed by atoms with Crippen LogP contribution in [-0.4, -0.2) is 79.2 Å². The van der Waals surface area contributed by atoms with Crippen molar-refractivity contribution in [2.75, 3.05) is 51.4 Å². The third-order valence-electron chi connectivity index (χ3n) is 3.99. The van der Waals surface area contributed by atoms with Crippen molar-refractivity contribution in [1.82, 2.24) is 9.80 Å². The Morgan fingerprint density at radius 2 is 2.16 bits per heavy atom. The van der Waals surface area contributed by atoms with E-state index in [0.29, 0.717) is 6.04 Å². The smallest absolute Gasteiger partial charge is 0.239 e. The summed E-state index contributed by atoms with van der Waals surface area (Å²) in [5.41, 5.74) is 5.97. The van der Waals surface area contributed by atoms with Crippen molar-refractivity contribution in [3.63, 3.8) is 0 Å². The van der Waals surface area contributed by atoms with Gasteiger partial charge in [0.25, 0.3) is 0 Å². The van der Waals surface area contributed by atoms with Crippen LogP contribution in [0.4, 0.5) is 0 Å². The van der Waals surface area contributed by atoms with Gasteiger partial charge in [-0.2, -0.15) is 11.8 Å². The van der Waals surface area contributed by atoms with Crippen molar-refractivity contribution in [2.45, 2.75) is 24.9 Å². The van der Waals surface area contributed by atoms with Crippen LogP contribution in [0.3, 0.4) is 0 Å². The Labute approximate surface area is 119 Å². The zero-order valence-corrected chi connectivity index (χ0v) is 12.5. The molecular formula is C13H25N3O2S. The first-order chi connectivity index (χ1) is 9.22. The van der Waals surface area contributed by atoms with Gasteiger partial charge >= 0.3 is 0 Å². The van der Waals surface area contributed by atoms with Crippen LogP contribution in [0.2, 0.25) is 0 Å². The normalized spacial score (nSPS) is 26.6. The number of thioether (sulfide) groups is 1. The molecule has 2 saturated heterocycles. The van der Waals surface area contributed by atoms with Crippen LogP contribution in [0, 0.1) is 0 Å². The molecule has 0 radical (unpaired) electrons. The van der Waals surface area contributed by atoms with Gasteiger partial charge in [0.1, 0.15) is 0 Å². The van der Waals surface area contributed by atoms with E-state index in [1.807, 2.05) is 11.2 Å². The average Bonchev–Trinajstić information content (AvgIpc) is 2.94. The minimum Gasteiger partial charge on any atom is -0.379 e. The molecule has 0 aromatic rings. The predicted octanol–water partition coefficient (Wildman–Crippen LogP) is -0.0001000. The Balaban J connectivity index is 1.78. The summed E-state index contributed by atoms with van der Waals surface area (Å²) in [4.78, 5) is 16.6. The molecule has 6 heteroatoms. The van der Waals surface area contributed by atoms with Crippen LogP contribution in [-0.2, 0) is 9.53 Å². The molecule has 1 unspecified atom stereocenters. The van der Waals surface area contributed by atoms with E-state index in [-0.39, 0.29) is 11.9 Å². The Hall–Kier alpha value is -0.300. The second kappa shape index (κ2) is 7.47. The van der Waals surface area contributed by atoms with Crippen LogP contribution < -0.4 is 5.73 Å². The van der Waals surface area contributed by atoms with Crippen molar-refractivity contribution in [2.24, 2.45) is 5.73 Å². The summed E-state index contributed by atoms with van der Waals surface area (Å²) in [6.45, 7) is 5.31. The zero-order chi connectivity index (χ0) is 13.7. The highest BCUT2D eigenvalue weighted by atomic mass is 32.2. The van der Waals surface area contributed by atoms with Crippen LogP contribution >= 0.6 is 11.8 Å². The van der Waals surface area contributed by atoms with E-state index in [2.05, 4.69) is 4.90 Å². The minimum atomic E-state index is -0.323. The van der Waals surface area contributed by atoms with Crippen LogP contribution in [0.25, 0.3) is 0 Å². The number of hydrogen-bond acceptors (Lipinski definition) is 5. The maximum absolute atomic E-state index is 12.2. The lowest BCUT2D eigenvalue weighted by Crippen LogP contribution is -2.47. The first-order valence-electron chi connectivity index (χ1n) is 7.07. The SMILES string of the molecule is CSCC[C@@H](N)C(=O)N1CCC(N2CCOCC2)C1. The molecule has 0 aliphatic carbocycles. The average molecular weight is 287 g/mol. The number of nitrogens with two attached hydrogens (primary N) is 1. The lowest BCUT2D eigenvalue weighted by molar-refractivity contribution is -0.131. The summed E-state index contributed by atoms with van der Waals surface area (Å²) in [6, 6.07) is 0.177. The molecule has 0 saturated carbocycles. The molecule has 2 rings (SSSR count). The first-order valence-corrected chi connectivity index (χ1v) is 8.47. The van der Waals surface area contributed by atoms with Crippen molar-refractivity contribution in [3.8, 4) is 0 Å². The summed E-state index contributed by atoms with van der Waals surface area (Å²) in [6.07, 6.45) is 3.89. The van der Waals surface area contributed by atoms with Gasteiger partial charge in [0.2, 0.25) is 5.91 Å². The highest BCUT2D eigenvalue weighted by Gasteiger charge is 2.32. The van der Waals surface area contributed by atoms with Gasteiger partial charge in [0.05, 0.1) is 19.3 Å². The van der Waals surface area contributed by atoms with Gasteiger partial charge in [-0.1, -0.05) is 0 Å². The molecule has 2 aliphatic heterocycles. The number of morpholine rings is 1. The molecule has 2 fully saturated rings. The number of carbonyl (C=O) groups excluding carboxylic acids is 1. The second-order valence-electron chi connectivity index (χ2n) is 5.26. The third-order valence-corrected chi connectivity index (χ3v) is 4.63. The van der Waals surface area contributed by atoms with Gasteiger partial charge in [-0.25, -0.2) is 0 Å². The molecule has 5 nitrogen and oxygen atoms in total. The molecule has 0 spiro atoms. The molecule has 2 aliphatic rings. The molecule has 2 N–H and O–H groups in total. The summed E-state index contributed by atoms with van der Waals surface area (Å²) in [7, 11) is 0.